The second-order valence-electron chi connectivity index (χ2n) is 6.12. The molecule has 3 rings (SSSR count). The van der Waals surface area contributed by atoms with Crippen LogP contribution in [0.5, 0.6) is 0 Å². The normalized spacial score (nSPS) is 11.6. The predicted molar refractivity (Wildman–Crippen MR) is 107 cm³/mol. The number of H-pyrrole nitrogens is 1. The summed E-state index contributed by atoms with van der Waals surface area (Å²) in [5.41, 5.74) is 3.04. The Morgan fingerprint density at radius 3 is 2.52 bits per heavy atom. The van der Waals surface area contributed by atoms with Gasteiger partial charge in [-0.3, -0.25) is 0 Å². The molecule has 8 heteroatoms. The van der Waals surface area contributed by atoms with E-state index in [0.29, 0.717) is 22.4 Å². The highest BCUT2D eigenvalue weighted by Crippen LogP contribution is 2.30. The number of alkyl halides is 3. The van der Waals surface area contributed by atoms with Crippen LogP contribution < -0.4 is 10.6 Å². The highest BCUT2D eigenvalue weighted by Gasteiger charge is 2.29. The summed E-state index contributed by atoms with van der Waals surface area (Å²) in [6.07, 6.45) is -3.63. The molecule has 1 heterocycles. The van der Waals surface area contributed by atoms with Crippen molar-refractivity contribution in [1.29, 1.82) is 0 Å². The van der Waals surface area contributed by atoms with Crippen molar-refractivity contribution in [1.82, 2.24) is 10.3 Å². The van der Waals surface area contributed by atoms with Crippen molar-refractivity contribution in [3.05, 3.63) is 64.3 Å². The second kappa shape index (κ2) is 7.78. The molecule has 0 amide bonds. The van der Waals surface area contributed by atoms with Gasteiger partial charge >= 0.3 is 6.18 Å². The lowest BCUT2D eigenvalue weighted by molar-refractivity contribution is -0.137. The number of thiocarbonyl (C=S) groups is 1. The molecule has 0 saturated carbocycles. The summed E-state index contributed by atoms with van der Waals surface area (Å²) in [6, 6.07) is 10.4. The van der Waals surface area contributed by atoms with E-state index < -0.39 is 11.7 Å². The van der Waals surface area contributed by atoms with E-state index in [1.165, 1.54) is 12.1 Å². The monoisotopic (exact) mass is 411 g/mol. The average Bonchev–Trinajstić information content (AvgIpc) is 2.90. The first kappa shape index (κ1) is 19.5. The largest absolute Gasteiger partial charge is 0.416 e. The summed E-state index contributed by atoms with van der Waals surface area (Å²) in [5, 5.41) is 8.06. The number of halogens is 4. The van der Waals surface area contributed by atoms with E-state index >= 15 is 0 Å². The van der Waals surface area contributed by atoms with Gasteiger partial charge in [-0.25, -0.2) is 0 Å². The fourth-order valence-electron chi connectivity index (χ4n) is 2.90. The van der Waals surface area contributed by atoms with Gasteiger partial charge in [-0.05, 0) is 73.6 Å². The molecule has 0 aliphatic heterocycles. The molecule has 1 aromatic heterocycles. The van der Waals surface area contributed by atoms with Crippen molar-refractivity contribution >= 4 is 45.5 Å². The van der Waals surface area contributed by atoms with Crippen LogP contribution in [0.25, 0.3) is 10.9 Å². The molecule has 2 aromatic carbocycles. The minimum absolute atomic E-state index is 0.352. The number of hydrogen-bond acceptors (Lipinski definition) is 1. The van der Waals surface area contributed by atoms with Gasteiger partial charge < -0.3 is 15.6 Å². The van der Waals surface area contributed by atoms with Crippen molar-refractivity contribution in [2.45, 2.75) is 19.5 Å². The van der Waals surface area contributed by atoms with Crippen LogP contribution in [0, 0.1) is 6.92 Å². The maximum Gasteiger partial charge on any atom is 0.416 e. The Hall–Kier alpha value is -2.25. The Bertz CT molecular complexity index is 965. The summed E-state index contributed by atoms with van der Waals surface area (Å²) in [6.45, 7) is 2.58. The summed E-state index contributed by atoms with van der Waals surface area (Å²) >= 11 is 11.3. The smallest absolute Gasteiger partial charge is 0.362 e. The van der Waals surface area contributed by atoms with Crippen LogP contribution in [0.3, 0.4) is 0 Å². The minimum Gasteiger partial charge on any atom is -0.362 e. The zero-order valence-electron chi connectivity index (χ0n) is 14.4. The highest BCUT2D eigenvalue weighted by atomic mass is 35.5. The van der Waals surface area contributed by atoms with Gasteiger partial charge in [-0.1, -0.05) is 11.6 Å². The number of nitrogens with one attached hydrogen (secondary N) is 3. The fourth-order valence-corrected chi connectivity index (χ4v) is 3.29. The predicted octanol–water partition coefficient (Wildman–Crippen LogP) is 5.68. The number of aryl methyl sites for hydroxylation is 1. The maximum atomic E-state index is 12.6. The molecular weight excluding hydrogens is 395 g/mol. The fraction of sp³-hybridized carbons (Fsp3) is 0.211. The number of aromatic nitrogens is 1. The maximum absolute atomic E-state index is 12.6. The van der Waals surface area contributed by atoms with E-state index in [4.69, 9.17) is 23.8 Å². The quantitative estimate of drug-likeness (QED) is 0.484. The van der Waals surface area contributed by atoms with Gasteiger partial charge in [0.2, 0.25) is 0 Å². The van der Waals surface area contributed by atoms with Gasteiger partial charge in [0.15, 0.2) is 5.11 Å². The zero-order valence-corrected chi connectivity index (χ0v) is 15.9. The molecule has 0 fully saturated rings. The lowest BCUT2D eigenvalue weighted by Crippen LogP contribution is -2.30. The SMILES string of the molecule is Cc1[nH]c2ccc(Cl)cc2c1CCNC(=S)Nc1ccc(C(F)(F)F)cc1. The molecule has 0 radical (unpaired) electrons. The van der Waals surface area contributed by atoms with Gasteiger partial charge in [-0.2, -0.15) is 13.2 Å². The molecule has 3 aromatic rings. The van der Waals surface area contributed by atoms with Crippen molar-refractivity contribution in [3.63, 3.8) is 0 Å². The molecule has 0 aliphatic carbocycles. The Kier molecular flexibility index (Phi) is 5.62. The molecular formula is C19H17ClF3N3S. The Morgan fingerprint density at radius 1 is 1.15 bits per heavy atom. The number of rotatable bonds is 4. The standard InChI is InChI=1S/C19H17ClF3N3S/c1-11-15(16-10-13(20)4-7-17(16)25-11)8-9-24-18(27)26-14-5-2-12(3-6-14)19(21,22)23/h2-7,10,25H,8-9H2,1H3,(H2,24,26,27). The van der Waals surface area contributed by atoms with Gasteiger partial charge in [0.05, 0.1) is 5.56 Å². The summed E-state index contributed by atoms with van der Waals surface area (Å²) in [7, 11) is 0. The third-order valence-corrected chi connectivity index (χ3v) is 4.69. The third kappa shape index (κ3) is 4.73. The Labute approximate surface area is 164 Å². The van der Waals surface area contributed by atoms with Crippen LogP contribution in [0.15, 0.2) is 42.5 Å². The number of anilines is 1. The van der Waals surface area contributed by atoms with Crippen LogP contribution in [0.1, 0.15) is 16.8 Å². The van der Waals surface area contributed by atoms with Crippen LogP contribution in [0.4, 0.5) is 18.9 Å². The molecule has 0 saturated heterocycles. The van der Waals surface area contributed by atoms with Crippen LogP contribution >= 0.6 is 23.8 Å². The minimum atomic E-state index is -4.35. The summed E-state index contributed by atoms with van der Waals surface area (Å²) in [5.74, 6) is 0. The lowest BCUT2D eigenvalue weighted by atomic mass is 10.1. The highest BCUT2D eigenvalue weighted by molar-refractivity contribution is 7.80. The van der Waals surface area contributed by atoms with Crippen molar-refractivity contribution in [3.8, 4) is 0 Å². The first-order chi connectivity index (χ1) is 12.7. The molecule has 27 heavy (non-hydrogen) atoms. The molecule has 0 aliphatic rings. The van der Waals surface area contributed by atoms with Crippen molar-refractivity contribution < 1.29 is 13.2 Å². The summed E-state index contributed by atoms with van der Waals surface area (Å²) < 4.78 is 37.7. The van der Waals surface area contributed by atoms with Crippen LogP contribution in [0.2, 0.25) is 5.02 Å². The van der Waals surface area contributed by atoms with E-state index in [2.05, 4.69) is 15.6 Å². The third-order valence-electron chi connectivity index (χ3n) is 4.21. The van der Waals surface area contributed by atoms with E-state index in [1.807, 2.05) is 25.1 Å². The first-order valence-corrected chi connectivity index (χ1v) is 9.01. The zero-order chi connectivity index (χ0) is 19.6. The molecule has 142 valence electrons. The first-order valence-electron chi connectivity index (χ1n) is 8.23. The second-order valence-corrected chi connectivity index (χ2v) is 6.97. The van der Waals surface area contributed by atoms with Crippen LogP contribution in [-0.2, 0) is 12.6 Å². The van der Waals surface area contributed by atoms with Crippen molar-refractivity contribution in [2.75, 3.05) is 11.9 Å². The molecule has 0 spiro atoms. The topological polar surface area (TPSA) is 39.9 Å². The van der Waals surface area contributed by atoms with E-state index in [9.17, 15) is 13.2 Å². The molecule has 3 nitrogen and oxygen atoms in total. The Morgan fingerprint density at radius 2 is 1.85 bits per heavy atom. The van der Waals surface area contributed by atoms with Gasteiger partial charge in [-0.15, -0.1) is 0 Å². The number of fused-ring (bicyclic) bond motifs is 1. The number of hydrogen-bond donors (Lipinski definition) is 3. The van der Waals surface area contributed by atoms with Gasteiger partial charge in [0.25, 0.3) is 0 Å². The molecule has 0 atom stereocenters. The van der Waals surface area contributed by atoms with E-state index in [0.717, 1.165) is 40.7 Å². The molecule has 3 N–H and O–H groups in total. The Balaban J connectivity index is 1.57. The van der Waals surface area contributed by atoms with E-state index in [-0.39, 0.29) is 0 Å². The average molecular weight is 412 g/mol. The van der Waals surface area contributed by atoms with Gasteiger partial charge in [0.1, 0.15) is 0 Å². The van der Waals surface area contributed by atoms with Crippen LogP contribution in [-0.4, -0.2) is 16.6 Å². The molecule has 0 bridgehead atoms. The number of benzene rings is 2. The van der Waals surface area contributed by atoms with Crippen molar-refractivity contribution in [2.24, 2.45) is 0 Å². The summed E-state index contributed by atoms with van der Waals surface area (Å²) in [4.78, 5) is 3.32. The lowest BCUT2D eigenvalue weighted by Gasteiger charge is -2.12. The van der Waals surface area contributed by atoms with Gasteiger partial charge in [0, 0.05) is 33.9 Å². The van der Waals surface area contributed by atoms with E-state index in [1.54, 1.807) is 0 Å². The molecule has 0 unspecified atom stereocenters. The number of aromatic amines is 1.